The van der Waals surface area contributed by atoms with Crippen molar-refractivity contribution in [1.29, 1.82) is 0 Å². The molecule has 2 aromatic rings. The molecule has 0 saturated heterocycles. The van der Waals surface area contributed by atoms with Gasteiger partial charge in [0, 0.05) is 31.0 Å². The van der Waals surface area contributed by atoms with Crippen molar-refractivity contribution in [3.8, 4) is 11.5 Å². The quantitative estimate of drug-likeness (QED) is 0.589. The monoisotopic (exact) mass is 235 g/mol. The van der Waals surface area contributed by atoms with E-state index in [1.54, 1.807) is 6.20 Å². The van der Waals surface area contributed by atoms with Crippen LogP contribution in [0.15, 0.2) is 36.8 Å². The fourth-order valence-electron chi connectivity index (χ4n) is 1.59. The zero-order chi connectivity index (χ0) is 11.2. The number of hydrogen-bond acceptors (Lipinski definition) is 2. The van der Waals surface area contributed by atoms with Gasteiger partial charge in [0.25, 0.3) is 0 Å². The molecule has 4 heteroatoms. The smallest absolute Gasteiger partial charge is 0.158 e. The van der Waals surface area contributed by atoms with Crippen LogP contribution in [0.5, 0.6) is 0 Å². The lowest BCUT2D eigenvalue weighted by atomic mass is 10.3. The molecule has 0 bridgehead atoms. The van der Waals surface area contributed by atoms with Gasteiger partial charge in [0.1, 0.15) is 5.69 Å². The number of aryl methyl sites for hydroxylation is 1. The molecule has 2 aromatic heterocycles. The van der Waals surface area contributed by atoms with Crippen LogP contribution in [-0.2, 0) is 6.54 Å². The van der Waals surface area contributed by atoms with E-state index < -0.39 is 0 Å². The van der Waals surface area contributed by atoms with E-state index in [1.165, 1.54) is 0 Å². The number of aromatic nitrogens is 3. The number of unbranched alkanes of at least 4 members (excludes halogenated alkanes) is 1. The Labute approximate surface area is 100 Å². The Hall–Kier alpha value is -1.35. The molecule has 0 atom stereocenters. The number of hydrogen-bond donors (Lipinski definition) is 0. The average Bonchev–Trinajstić information content (AvgIpc) is 2.79. The van der Waals surface area contributed by atoms with Gasteiger partial charge in [0.15, 0.2) is 5.82 Å². The van der Waals surface area contributed by atoms with Gasteiger partial charge in [-0.25, -0.2) is 4.98 Å². The summed E-state index contributed by atoms with van der Waals surface area (Å²) in [4.78, 5) is 8.63. The molecule has 0 N–H and O–H groups in total. The highest BCUT2D eigenvalue weighted by Gasteiger charge is 2.05. The van der Waals surface area contributed by atoms with E-state index in [0.717, 1.165) is 30.9 Å². The van der Waals surface area contributed by atoms with Crippen LogP contribution in [0.4, 0.5) is 0 Å². The number of alkyl halides is 1. The largest absolute Gasteiger partial charge is 0.330 e. The standard InChI is InChI=1S/C12H14ClN3/c13-6-2-4-9-16-10-8-15-12(16)11-5-1-3-7-14-11/h1,3,5,7-8,10H,2,4,6,9H2. The lowest BCUT2D eigenvalue weighted by molar-refractivity contribution is 0.638. The summed E-state index contributed by atoms with van der Waals surface area (Å²) in [5.41, 5.74) is 0.915. The second-order valence-corrected chi connectivity index (χ2v) is 3.93. The van der Waals surface area contributed by atoms with Crippen LogP contribution in [0.3, 0.4) is 0 Å². The predicted octanol–water partition coefficient (Wildman–Crippen LogP) is 2.96. The Morgan fingerprint density at radius 2 is 2.06 bits per heavy atom. The van der Waals surface area contributed by atoms with Gasteiger partial charge in [-0.05, 0) is 25.0 Å². The molecule has 2 heterocycles. The first-order valence-corrected chi connectivity index (χ1v) is 5.94. The SMILES string of the molecule is ClCCCCn1ccnc1-c1ccccn1. The first-order valence-electron chi connectivity index (χ1n) is 5.40. The number of nitrogens with zero attached hydrogens (tertiary/aromatic N) is 3. The molecule has 3 nitrogen and oxygen atoms in total. The lowest BCUT2D eigenvalue weighted by Crippen LogP contribution is -2.00. The molecular formula is C12H14ClN3. The molecule has 16 heavy (non-hydrogen) atoms. The molecule has 0 fully saturated rings. The molecular weight excluding hydrogens is 222 g/mol. The molecule has 0 unspecified atom stereocenters. The van der Waals surface area contributed by atoms with Crippen LogP contribution in [0.1, 0.15) is 12.8 Å². The summed E-state index contributed by atoms with van der Waals surface area (Å²) < 4.78 is 2.12. The second kappa shape index (κ2) is 5.66. The minimum atomic E-state index is 0.716. The fourth-order valence-corrected chi connectivity index (χ4v) is 1.78. The van der Waals surface area contributed by atoms with Crippen LogP contribution in [0.2, 0.25) is 0 Å². The van der Waals surface area contributed by atoms with Crippen LogP contribution in [-0.4, -0.2) is 20.4 Å². The third-order valence-corrected chi connectivity index (χ3v) is 2.66. The van der Waals surface area contributed by atoms with Crippen LogP contribution in [0.25, 0.3) is 11.5 Å². The van der Waals surface area contributed by atoms with Gasteiger partial charge in [-0.3, -0.25) is 4.98 Å². The van der Waals surface area contributed by atoms with E-state index in [1.807, 2.05) is 30.6 Å². The van der Waals surface area contributed by atoms with Crippen molar-refractivity contribution in [2.75, 3.05) is 5.88 Å². The summed E-state index contributed by atoms with van der Waals surface area (Å²) in [5.74, 6) is 1.64. The summed E-state index contributed by atoms with van der Waals surface area (Å²) in [6.45, 7) is 0.943. The number of imidazole rings is 1. The molecule has 0 aliphatic carbocycles. The zero-order valence-electron chi connectivity index (χ0n) is 9.01. The van der Waals surface area contributed by atoms with Gasteiger partial charge in [0.05, 0.1) is 0 Å². The zero-order valence-corrected chi connectivity index (χ0v) is 9.77. The molecule has 0 amide bonds. The highest BCUT2D eigenvalue weighted by molar-refractivity contribution is 6.17. The molecule has 0 aromatic carbocycles. The third-order valence-electron chi connectivity index (χ3n) is 2.39. The fraction of sp³-hybridized carbons (Fsp3) is 0.333. The van der Waals surface area contributed by atoms with Crippen LogP contribution >= 0.6 is 11.6 Å². The molecule has 84 valence electrons. The van der Waals surface area contributed by atoms with Crippen LogP contribution < -0.4 is 0 Å². The molecule has 0 spiro atoms. The molecule has 0 aliphatic heterocycles. The molecule has 2 rings (SSSR count). The predicted molar refractivity (Wildman–Crippen MR) is 65.4 cm³/mol. The summed E-state index contributed by atoms with van der Waals surface area (Å²) >= 11 is 5.66. The van der Waals surface area contributed by atoms with Crippen molar-refractivity contribution in [2.24, 2.45) is 0 Å². The van der Waals surface area contributed by atoms with Gasteiger partial charge in [-0.1, -0.05) is 6.07 Å². The average molecular weight is 236 g/mol. The molecule has 0 radical (unpaired) electrons. The number of halogens is 1. The Morgan fingerprint density at radius 1 is 1.12 bits per heavy atom. The van der Waals surface area contributed by atoms with Gasteiger partial charge in [0.2, 0.25) is 0 Å². The van der Waals surface area contributed by atoms with Gasteiger partial charge in [-0.15, -0.1) is 11.6 Å². The Balaban J connectivity index is 2.13. The minimum Gasteiger partial charge on any atom is -0.330 e. The van der Waals surface area contributed by atoms with E-state index in [4.69, 9.17) is 11.6 Å². The third kappa shape index (κ3) is 2.61. The van der Waals surface area contributed by atoms with Gasteiger partial charge in [-0.2, -0.15) is 0 Å². The number of pyridine rings is 1. The topological polar surface area (TPSA) is 30.7 Å². The Kier molecular flexibility index (Phi) is 3.94. The maximum Gasteiger partial charge on any atom is 0.158 e. The van der Waals surface area contributed by atoms with Crippen molar-refractivity contribution in [2.45, 2.75) is 19.4 Å². The van der Waals surface area contributed by atoms with E-state index in [0.29, 0.717) is 5.88 Å². The first-order chi connectivity index (χ1) is 7.92. The van der Waals surface area contributed by atoms with Crippen molar-refractivity contribution >= 4 is 11.6 Å². The first kappa shape index (κ1) is 11.1. The Bertz CT molecular complexity index is 425. The second-order valence-electron chi connectivity index (χ2n) is 3.56. The van der Waals surface area contributed by atoms with Crippen molar-refractivity contribution in [3.63, 3.8) is 0 Å². The Morgan fingerprint density at radius 3 is 2.81 bits per heavy atom. The van der Waals surface area contributed by atoms with Crippen LogP contribution in [0, 0.1) is 0 Å². The van der Waals surface area contributed by atoms with Crippen molar-refractivity contribution in [1.82, 2.24) is 14.5 Å². The van der Waals surface area contributed by atoms with Gasteiger partial charge >= 0.3 is 0 Å². The van der Waals surface area contributed by atoms with E-state index in [2.05, 4.69) is 14.5 Å². The van der Waals surface area contributed by atoms with E-state index in [-0.39, 0.29) is 0 Å². The van der Waals surface area contributed by atoms with Crippen molar-refractivity contribution < 1.29 is 0 Å². The highest BCUT2D eigenvalue weighted by Crippen LogP contribution is 2.14. The summed E-state index contributed by atoms with van der Waals surface area (Å²) in [6, 6.07) is 5.85. The summed E-state index contributed by atoms with van der Waals surface area (Å²) in [7, 11) is 0. The summed E-state index contributed by atoms with van der Waals surface area (Å²) in [6.07, 6.45) is 7.68. The highest BCUT2D eigenvalue weighted by atomic mass is 35.5. The maximum absolute atomic E-state index is 5.66. The van der Waals surface area contributed by atoms with E-state index >= 15 is 0 Å². The van der Waals surface area contributed by atoms with Gasteiger partial charge < -0.3 is 4.57 Å². The molecule has 0 aliphatic rings. The number of rotatable bonds is 5. The van der Waals surface area contributed by atoms with Crippen molar-refractivity contribution in [3.05, 3.63) is 36.8 Å². The lowest BCUT2D eigenvalue weighted by Gasteiger charge is -2.06. The maximum atomic E-state index is 5.66. The normalized spacial score (nSPS) is 10.6. The molecule has 0 saturated carbocycles. The minimum absolute atomic E-state index is 0.716. The summed E-state index contributed by atoms with van der Waals surface area (Å²) in [5, 5.41) is 0. The van der Waals surface area contributed by atoms with E-state index in [9.17, 15) is 0 Å².